The molecule has 2 aliphatic carbocycles. The van der Waals surface area contributed by atoms with Crippen LogP contribution in [0.5, 0.6) is 0 Å². The molecule has 0 radical (unpaired) electrons. The van der Waals surface area contributed by atoms with Crippen LogP contribution in [0.3, 0.4) is 0 Å². The second kappa shape index (κ2) is 13.9. The van der Waals surface area contributed by atoms with Gasteiger partial charge < -0.3 is 9.47 Å². The zero-order valence-electron chi connectivity index (χ0n) is 21.0. The number of ether oxygens (including phenoxy) is 2. The maximum Gasteiger partial charge on any atom is 0.217 e. The molecule has 0 spiro atoms. The quantitative estimate of drug-likeness (QED) is 0.104. The summed E-state index contributed by atoms with van der Waals surface area (Å²) in [4.78, 5) is 0. The van der Waals surface area contributed by atoms with Crippen LogP contribution >= 0.6 is 31.9 Å². The van der Waals surface area contributed by atoms with Crippen LogP contribution in [0.4, 0.5) is 0 Å². The van der Waals surface area contributed by atoms with E-state index in [0.29, 0.717) is 0 Å². The third kappa shape index (κ3) is 7.55. The van der Waals surface area contributed by atoms with Gasteiger partial charge in [-0.3, -0.25) is 0 Å². The molecule has 0 amide bonds. The molecule has 0 saturated heterocycles. The normalized spacial score (nSPS) is 20.6. The molecule has 0 saturated carbocycles. The molecule has 0 unspecified atom stereocenters. The van der Waals surface area contributed by atoms with Gasteiger partial charge in [0.15, 0.2) is 3.23 Å². The summed E-state index contributed by atoms with van der Waals surface area (Å²) >= 11 is 7.67. The van der Waals surface area contributed by atoms with Gasteiger partial charge in [-0.25, -0.2) is 0 Å². The Hall–Kier alpha value is 0.1000. The first-order chi connectivity index (χ1) is 15.4. The molecule has 0 aromatic heterocycles. The van der Waals surface area contributed by atoms with Crippen LogP contribution in [0.1, 0.15) is 110 Å². The van der Waals surface area contributed by atoms with E-state index in [0.717, 1.165) is 6.42 Å². The number of unbranched alkanes of at least 4 members (excludes halogenated alkanes) is 10. The van der Waals surface area contributed by atoms with Crippen LogP contribution in [0.15, 0.2) is 35.5 Å². The Balaban J connectivity index is 2.12. The van der Waals surface area contributed by atoms with E-state index in [1.807, 2.05) is 0 Å². The zero-order valence-corrected chi connectivity index (χ0v) is 24.2. The first kappa shape index (κ1) is 28.3. The van der Waals surface area contributed by atoms with Crippen LogP contribution in [-0.2, 0) is 9.47 Å². The summed E-state index contributed by atoms with van der Waals surface area (Å²) in [6, 6.07) is 0. The highest BCUT2D eigenvalue weighted by Gasteiger charge is 2.50. The van der Waals surface area contributed by atoms with Gasteiger partial charge >= 0.3 is 0 Å². The minimum atomic E-state index is -0.852. The predicted molar refractivity (Wildman–Crippen MR) is 146 cm³/mol. The highest BCUT2D eigenvalue weighted by Crippen LogP contribution is 2.53. The number of hydrogen-bond acceptors (Lipinski definition) is 2. The molecule has 2 aliphatic rings. The fraction of sp³-hybridized carbons (Fsp3) is 0.786. The fourth-order valence-electron chi connectivity index (χ4n) is 5.27. The number of halogens is 2. The molecule has 0 N–H and O–H groups in total. The number of hydrogen-bond donors (Lipinski definition) is 0. The molecule has 0 bridgehead atoms. The van der Waals surface area contributed by atoms with Gasteiger partial charge in [0, 0.05) is 14.2 Å². The monoisotopic (exact) mass is 572 g/mol. The van der Waals surface area contributed by atoms with Gasteiger partial charge in [-0.05, 0) is 48.0 Å². The maximum absolute atomic E-state index is 5.80. The Morgan fingerprint density at radius 2 is 1.25 bits per heavy atom. The van der Waals surface area contributed by atoms with E-state index in [1.165, 1.54) is 101 Å². The topological polar surface area (TPSA) is 18.5 Å². The molecule has 0 heterocycles. The van der Waals surface area contributed by atoms with Gasteiger partial charge in [0.05, 0.1) is 0 Å². The molecule has 0 aliphatic heterocycles. The first-order valence-electron chi connectivity index (χ1n) is 13.0. The van der Waals surface area contributed by atoms with Crippen LogP contribution in [-0.4, -0.2) is 23.2 Å². The van der Waals surface area contributed by atoms with Crippen molar-refractivity contribution in [2.24, 2.45) is 5.41 Å². The lowest BCUT2D eigenvalue weighted by molar-refractivity contribution is -0.168. The van der Waals surface area contributed by atoms with Gasteiger partial charge in [-0.1, -0.05) is 135 Å². The fourth-order valence-corrected chi connectivity index (χ4v) is 6.70. The highest BCUT2D eigenvalue weighted by atomic mass is 79.9. The molecule has 2 nitrogen and oxygen atoms in total. The summed E-state index contributed by atoms with van der Waals surface area (Å²) in [7, 11) is 3.40. The van der Waals surface area contributed by atoms with Crippen molar-refractivity contribution in [3.8, 4) is 0 Å². The number of rotatable bonds is 16. The van der Waals surface area contributed by atoms with E-state index in [2.05, 4.69) is 70.0 Å². The van der Waals surface area contributed by atoms with Crippen molar-refractivity contribution < 1.29 is 9.47 Å². The van der Waals surface area contributed by atoms with Gasteiger partial charge in [0.2, 0.25) is 5.79 Å². The standard InChI is InChI=1S/C28H46Br2O2/c1-5-7-9-11-13-15-18-26(19-16-14-12-10-8-6-2)20-17-24-23-28(31-3,32-4)27(29,30)22-25(24)21-26/h17,20,22-23H,5-16,18-19,21H2,1-4H3. The average Bonchev–Trinajstić information content (AvgIpc) is 2.78. The molecule has 4 heteroatoms. The molecular weight excluding hydrogens is 528 g/mol. The maximum atomic E-state index is 5.80. The van der Waals surface area contributed by atoms with Gasteiger partial charge in [0.25, 0.3) is 0 Å². The summed E-state index contributed by atoms with van der Waals surface area (Å²) in [5, 5.41) is 0. The third-order valence-corrected chi connectivity index (χ3v) is 8.92. The van der Waals surface area contributed by atoms with E-state index >= 15 is 0 Å². The molecular formula is C28H46Br2O2. The molecule has 0 aromatic rings. The Morgan fingerprint density at radius 1 is 0.750 bits per heavy atom. The van der Waals surface area contributed by atoms with E-state index in [9.17, 15) is 0 Å². The Morgan fingerprint density at radius 3 is 1.75 bits per heavy atom. The largest absolute Gasteiger partial charge is 0.348 e. The Kier molecular flexibility index (Phi) is 12.3. The molecule has 32 heavy (non-hydrogen) atoms. The first-order valence-corrected chi connectivity index (χ1v) is 14.6. The number of fused-ring (bicyclic) bond motifs is 1. The van der Waals surface area contributed by atoms with Crippen molar-refractivity contribution in [1.82, 2.24) is 0 Å². The van der Waals surface area contributed by atoms with Crippen molar-refractivity contribution in [3.63, 3.8) is 0 Å². The van der Waals surface area contributed by atoms with Crippen LogP contribution in [0.25, 0.3) is 0 Å². The Labute approximate surface area is 214 Å². The summed E-state index contributed by atoms with van der Waals surface area (Å²) < 4.78 is 11.0. The lowest BCUT2D eigenvalue weighted by Gasteiger charge is -2.44. The second-order valence-corrected chi connectivity index (χ2v) is 13.4. The highest BCUT2D eigenvalue weighted by molar-refractivity contribution is 9.25. The minimum absolute atomic E-state index is 0.287. The predicted octanol–water partition coefficient (Wildman–Crippen LogP) is 9.78. The molecule has 184 valence electrons. The minimum Gasteiger partial charge on any atom is -0.348 e. The molecule has 0 aromatic carbocycles. The van der Waals surface area contributed by atoms with Gasteiger partial charge in [-0.15, -0.1) is 0 Å². The van der Waals surface area contributed by atoms with Crippen molar-refractivity contribution in [2.75, 3.05) is 14.2 Å². The lowest BCUT2D eigenvalue weighted by Crippen LogP contribution is -2.49. The number of allylic oxidation sites excluding steroid dienone is 4. The molecule has 0 atom stereocenters. The van der Waals surface area contributed by atoms with Gasteiger partial charge in [-0.2, -0.15) is 0 Å². The zero-order chi connectivity index (χ0) is 23.5. The van der Waals surface area contributed by atoms with E-state index in [1.54, 1.807) is 14.2 Å². The van der Waals surface area contributed by atoms with Crippen molar-refractivity contribution >= 4 is 31.9 Å². The second-order valence-electron chi connectivity index (χ2n) is 9.88. The SMILES string of the molecule is CCCCCCCCC1(CCCCCCCC)C=CC2=CC(OC)(OC)C(Br)(Br)C=C2C1. The Bertz CT molecular complexity index is 628. The van der Waals surface area contributed by atoms with E-state index in [-0.39, 0.29) is 5.41 Å². The third-order valence-electron chi connectivity index (χ3n) is 7.36. The molecule has 0 fully saturated rings. The summed E-state index contributed by atoms with van der Waals surface area (Å²) in [6.45, 7) is 4.59. The smallest absolute Gasteiger partial charge is 0.217 e. The summed E-state index contributed by atoms with van der Waals surface area (Å²) in [5.74, 6) is -0.852. The molecule has 2 rings (SSSR count). The number of alkyl halides is 2. The van der Waals surface area contributed by atoms with Crippen LogP contribution < -0.4 is 0 Å². The van der Waals surface area contributed by atoms with Gasteiger partial charge in [0.1, 0.15) is 0 Å². The van der Waals surface area contributed by atoms with Crippen molar-refractivity contribution in [1.29, 1.82) is 0 Å². The lowest BCUT2D eigenvalue weighted by atomic mass is 9.68. The summed E-state index contributed by atoms with van der Waals surface area (Å²) in [5.41, 5.74) is 2.93. The number of methoxy groups -OCH3 is 2. The van der Waals surface area contributed by atoms with Crippen LogP contribution in [0, 0.1) is 5.41 Å². The van der Waals surface area contributed by atoms with Crippen molar-refractivity contribution in [2.45, 2.75) is 119 Å². The summed E-state index contributed by atoms with van der Waals surface area (Å²) in [6.07, 6.45) is 29.3. The van der Waals surface area contributed by atoms with E-state index < -0.39 is 9.02 Å². The van der Waals surface area contributed by atoms with E-state index in [4.69, 9.17) is 9.47 Å². The van der Waals surface area contributed by atoms with Crippen LogP contribution in [0.2, 0.25) is 0 Å². The van der Waals surface area contributed by atoms with Crippen molar-refractivity contribution in [3.05, 3.63) is 35.5 Å². The average molecular weight is 574 g/mol.